The van der Waals surface area contributed by atoms with Crippen molar-refractivity contribution in [3.8, 4) is 5.88 Å². The van der Waals surface area contributed by atoms with Crippen molar-refractivity contribution < 1.29 is 17.9 Å². The predicted molar refractivity (Wildman–Crippen MR) is 94.2 cm³/mol. The number of urea groups is 1. The fourth-order valence-corrected chi connectivity index (χ4v) is 2.75. The fourth-order valence-electron chi connectivity index (χ4n) is 2.02. The van der Waals surface area contributed by atoms with Crippen molar-refractivity contribution in [1.29, 1.82) is 0 Å². The van der Waals surface area contributed by atoms with Crippen LogP contribution in [0.25, 0.3) is 0 Å². The molecule has 0 aliphatic carbocycles. The van der Waals surface area contributed by atoms with Crippen LogP contribution in [0, 0.1) is 0 Å². The Hall–Kier alpha value is -2.65. The van der Waals surface area contributed by atoms with Crippen LogP contribution in [0.5, 0.6) is 5.88 Å². The van der Waals surface area contributed by atoms with Crippen LogP contribution in [0.15, 0.2) is 47.5 Å². The number of anilines is 1. The van der Waals surface area contributed by atoms with Crippen molar-refractivity contribution in [2.45, 2.75) is 11.3 Å². The number of aromatic nitrogens is 1. The van der Waals surface area contributed by atoms with Crippen molar-refractivity contribution in [3.05, 3.63) is 48.2 Å². The quantitative estimate of drug-likeness (QED) is 0.687. The molecule has 0 saturated heterocycles. The van der Waals surface area contributed by atoms with Gasteiger partial charge in [-0.3, -0.25) is 0 Å². The minimum Gasteiger partial charge on any atom is -0.481 e. The van der Waals surface area contributed by atoms with Crippen LogP contribution < -0.4 is 20.1 Å². The number of sulfonamides is 1. The number of hydrogen-bond donors (Lipinski definition) is 3. The topological polar surface area (TPSA) is 109 Å². The number of carbonyl (C=O) groups excluding carboxylic acids is 1. The first kappa shape index (κ1) is 18.7. The lowest BCUT2D eigenvalue weighted by Gasteiger charge is -2.08. The van der Waals surface area contributed by atoms with E-state index in [0.29, 0.717) is 24.5 Å². The number of ether oxygens (including phenoxy) is 1. The van der Waals surface area contributed by atoms with E-state index in [-0.39, 0.29) is 10.9 Å². The summed E-state index contributed by atoms with van der Waals surface area (Å²) in [5.74, 6) is 0.467. The van der Waals surface area contributed by atoms with Gasteiger partial charge in [-0.05, 0) is 37.2 Å². The molecular weight excluding hydrogens is 344 g/mol. The van der Waals surface area contributed by atoms with E-state index in [1.54, 1.807) is 24.3 Å². The Morgan fingerprint density at radius 2 is 1.88 bits per heavy atom. The molecule has 0 aliphatic heterocycles. The molecule has 0 atom stereocenters. The second-order valence-electron chi connectivity index (χ2n) is 5.07. The van der Waals surface area contributed by atoms with Gasteiger partial charge in [0.2, 0.25) is 15.9 Å². The zero-order valence-electron chi connectivity index (χ0n) is 13.9. The second kappa shape index (κ2) is 8.45. The van der Waals surface area contributed by atoms with Gasteiger partial charge in [-0.25, -0.2) is 22.9 Å². The summed E-state index contributed by atoms with van der Waals surface area (Å²) < 4.78 is 30.5. The summed E-state index contributed by atoms with van der Waals surface area (Å²) in [6.07, 6.45) is 2.08. The van der Waals surface area contributed by atoms with Gasteiger partial charge in [0.25, 0.3) is 0 Å². The molecule has 1 aromatic carbocycles. The number of carbonyl (C=O) groups is 1. The number of pyridine rings is 1. The molecule has 9 heteroatoms. The lowest BCUT2D eigenvalue weighted by molar-refractivity contribution is 0.252. The molecule has 134 valence electrons. The van der Waals surface area contributed by atoms with Crippen molar-refractivity contribution in [3.63, 3.8) is 0 Å². The second-order valence-corrected chi connectivity index (χ2v) is 6.96. The molecule has 8 nitrogen and oxygen atoms in total. The van der Waals surface area contributed by atoms with Gasteiger partial charge in [0.05, 0.1) is 23.9 Å². The molecule has 1 heterocycles. The third kappa shape index (κ3) is 5.44. The predicted octanol–water partition coefficient (Wildman–Crippen LogP) is 1.36. The Balaban J connectivity index is 1.80. The summed E-state index contributed by atoms with van der Waals surface area (Å²) in [4.78, 5) is 16.0. The molecule has 0 aliphatic rings. The van der Waals surface area contributed by atoms with Crippen LogP contribution in [0.1, 0.15) is 5.56 Å². The first-order valence-electron chi connectivity index (χ1n) is 7.52. The summed E-state index contributed by atoms with van der Waals surface area (Å²) in [6.45, 7) is 0.410. The van der Waals surface area contributed by atoms with E-state index in [1.807, 2.05) is 0 Å². The molecular formula is C16H20N4O4S. The van der Waals surface area contributed by atoms with Gasteiger partial charge in [-0.1, -0.05) is 12.1 Å². The van der Waals surface area contributed by atoms with Crippen molar-refractivity contribution in [2.75, 3.05) is 26.0 Å². The van der Waals surface area contributed by atoms with E-state index in [1.165, 1.54) is 32.5 Å². The van der Waals surface area contributed by atoms with Crippen LogP contribution in [0.4, 0.5) is 10.5 Å². The third-order valence-electron chi connectivity index (χ3n) is 3.40. The first-order chi connectivity index (χ1) is 11.9. The minimum absolute atomic E-state index is 0.205. The Labute approximate surface area is 146 Å². The third-order valence-corrected chi connectivity index (χ3v) is 4.84. The Morgan fingerprint density at radius 3 is 2.44 bits per heavy atom. The Kier molecular flexibility index (Phi) is 6.31. The molecule has 25 heavy (non-hydrogen) atoms. The van der Waals surface area contributed by atoms with Gasteiger partial charge in [0.1, 0.15) is 0 Å². The highest BCUT2D eigenvalue weighted by atomic mass is 32.2. The van der Waals surface area contributed by atoms with E-state index >= 15 is 0 Å². The van der Waals surface area contributed by atoms with Gasteiger partial charge >= 0.3 is 6.03 Å². The molecule has 0 fully saturated rings. The number of hydrogen-bond acceptors (Lipinski definition) is 5. The smallest absolute Gasteiger partial charge is 0.319 e. The zero-order valence-corrected chi connectivity index (χ0v) is 14.8. The molecule has 0 saturated carbocycles. The largest absolute Gasteiger partial charge is 0.481 e. The molecule has 2 aromatic rings. The van der Waals surface area contributed by atoms with Crippen molar-refractivity contribution in [1.82, 2.24) is 15.0 Å². The van der Waals surface area contributed by atoms with E-state index in [4.69, 9.17) is 4.74 Å². The first-order valence-corrected chi connectivity index (χ1v) is 9.00. The van der Waals surface area contributed by atoms with E-state index < -0.39 is 10.0 Å². The Bertz CT molecular complexity index is 805. The molecule has 0 bridgehead atoms. The zero-order chi connectivity index (χ0) is 18.3. The molecule has 0 unspecified atom stereocenters. The molecule has 1 aromatic heterocycles. The van der Waals surface area contributed by atoms with Crippen LogP contribution in [-0.4, -0.2) is 40.1 Å². The van der Waals surface area contributed by atoms with Crippen molar-refractivity contribution >= 4 is 21.7 Å². The highest BCUT2D eigenvalue weighted by Crippen LogP contribution is 2.11. The summed E-state index contributed by atoms with van der Waals surface area (Å²) >= 11 is 0. The monoisotopic (exact) mass is 364 g/mol. The summed E-state index contributed by atoms with van der Waals surface area (Å²) in [5, 5.41) is 5.39. The van der Waals surface area contributed by atoms with Crippen LogP contribution in [-0.2, 0) is 16.4 Å². The SMILES string of the molecule is CNS(=O)(=O)c1ccc(CCNC(=O)Nc2ccc(OC)nc2)cc1. The van der Waals surface area contributed by atoms with Gasteiger partial charge in [0, 0.05) is 12.6 Å². The highest BCUT2D eigenvalue weighted by molar-refractivity contribution is 7.89. The molecule has 2 rings (SSSR count). The molecule has 3 N–H and O–H groups in total. The van der Waals surface area contributed by atoms with E-state index in [9.17, 15) is 13.2 Å². The number of methoxy groups -OCH3 is 1. The van der Waals surface area contributed by atoms with Gasteiger partial charge < -0.3 is 15.4 Å². The minimum atomic E-state index is -3.43. The van der Waals surface area contributed by atoms with Gasteiger partial charge in [-0.15, -0.1) is 0 Å². The summed E-state index contributed by atoms with van der Waals surface area (Å²) in [5.41, 5.74) is 1.47. The van der Waals surface area contributed by atoms with E-state index in [2.05, 4.69) is 20.3 Å². The standard InChI is InChI=1S/C16H20N4O4S/c1-17-25(22,23)14-6-3-12(4-7-14)9-10-18-16(21)20-13-5-8-15(24-2)19-11-13/h3-8,11,17H,9-10H2,1-2H3,(H2,18,20,21). The molecule has 0 radical (unpaired) electrons. The van der Waals surface area contributed by atoms with Gasteiger partial charge in [0.15, 0.2) is 0 Å². The van der Waals surface area contributed by atoms with Crippen LogP contribution in [0.3, 0.4) is 0 Å². The summed E-state index contributed by atoms with van der Waals surface area (Å²) in [7, 11) is -0.551. The number of nitrogens with one attached hydrogen (secondary N) is 3. The van der Waals surface area contributed by atoms with Crippen LogP contribution in [0.2, 0.25) is 0 Å². The maximum atomic E-state index is 11.8. The lowest BCUT2D eigenvalue weighted by Crippen LogP contribution is -2.30. The number of rotatable bonds is 7. The molecule has 0 spiro atoms. The fraction of sp³-hybridized carbons (Fsp3) is 0.250. The number of nitrogens with zero attached hydrogens (tertiary/aromatic N) is 1. The van der Waals surface area contributed by atoms with Gasteiger partial charge in [-0.2, -0.15) is 0 Å². The maximum absolute atomic E-state index is 11.8. The normalized spacial score (nSPS) is 11.0. The number of amides is 2. The number of benzene rings is 1. The van der Waals surface area contributed by atoms with E-state index in [0.717, 1.165) is 5.56 Å². The Morgan fingerprint density at radius 1 is 1.16 bits per heavy atom. The average Bonchev–Trinajstić information content (AvgIpc) is 2.63. The maximum Gasteiger partial charge on any atom is 0.319 e. The highest BCUT2D eigenvalue weighted by Gasteiger charge is 2.10. The van der Waals surface area contributed by atoms with Crippen molar-refractivity contribution in [2.24, 2.45) is 0 Å². The van der Waals surface area contributed by atoms with Crippen LogP contribution >= 0.6 is 0 Å². The molecule has 2 amide bonds. The lowest BCUT2D eigenvalue weighted by atomic mass is 10.1. The average molecular weight is 364 g/mol. The summed E-state index contributed by atoms with van der Waals surface area (Å²) in [6, 6.07) is 9.49.